The first kappa shape index (κ1) is 12.7. The van der Waals surface area contributed by atoms with Crippen LogP contribution in [0, 0.1) is 0 Å². The van der Waals surface area contributed by atoms with E-state index in [9.17, 15) is 4.79 Å². The van der Waals surface area contributed by atoms with Crippen molar-refractivity contribution in [1.29, 1.82) is 0 Å². The Morgan fingerprint density at radius 3 is 3.15 bits per heavy atom. The first-order valence-corrected chi connectivity index (χ1v) is 6.50. The van der Waals surface area contributed by atoms with Crippen LogP contribution >= 0.6 is 0 Å². The highest BCUT2D eigenvalue weighted by Gasteiger charge is 2.15. The van der Waals surface area contributed by atoms with E-state index in [0.29, 0.717) is 12.5 Å². The molecule has 0 amide bonds. The second-order valence-electron chi connectivity index (χ2n) is 4.62. The summed E-state index contributed by atoms with van der Waals surface area (Å²) in [5, 5.41) is 6.27. The van der Waals surface area contributed by atoms with Gasteiger partial charge in [0.1, 0.15) is 5.75 Å². The molecular formula is C14H16N4O2. The van der Waals surface area contributed by atoms with E-state index >= 15 is 0 Å². The summed E-state index contributed by atoms with van der Waals surface area (Å²) < 4.78 is 5.17. The fourth-order valence-corrected chi connectivity index (χ4v) is 2.25. The quantitative estimate of drug-likeness (QED) is 0.781. The normalized spacial score (nSPS) is 13.7. The van der Waals surface area contributed by atoms with Crippen LogP contribution in [0.25, 0.3) is 0 Å². The summed E-state index contributed by atoms with van der Waals surface area (Å²) in [7, 11) is 1.62. The first-order valence-electron chi connectivity index (χ1n) is 6.50. The molecule has 2 heterocycles. The van der Waals surface area contributed by atoms with Gasteiger partial charge in [-0.3, -0.25) is 9.78 Å². The number of aromatic nitrogens is 2. The molecule has 1 aromatic heterocycles. The molecule has 0 bridgehead atoms. The molecule has 6 nitrogen and oxygen atoms in total. The molecule has 0 radical (unpaired) electrons. The Morgan fingerprint density at radius 2 is 2.30 bits per heavy atom. The second-order valence-corrected chi connectivity index (χ2v) is 4.62. The Bertz CT molecular complexity index is 681. The van der Waals surface area contributed by atoms with E-state index in [2.05, 4.69) is 20.6 Å². The van der Waals surface area contributed by atoms with E-state index in [1.807, 2.05) is 24.3 Å². The maximum absolute atomic E-state index is 12.0. The third-order valence-corrected chi connectivity index (χ3v) is 3.27. The van der Waals surface area contributed by atoms with Gasteiger partial charge in [-0.05, 0) is 12.1 Å². The summed E-state index contributed by atoms with van der Waals surface area (Å²) >= 11 is 0. The van der Waals surface area contributed by atoms with Crippen molar-refractivity contribution >= 4 is 11.6 Å². The molecule has 0 unspecified atom stereocenters. The molecule has 104 valence electrons. The van der Waals surface area contributed by atoms with Gasteiger partial charge in [-0.15, -0.1) is 0 Å². The lowest BCUT2D eigenvalue weighted by molar-refractivity contribution is 0.415. The fourth-order valence-electron chi connectivity index (χ4n) is 2.25. The maximum atomic E-state index is 12.0. The standard InChI is InChI=1S/C14H16N4O2/c1-20-10-4-2-3-9(7-10)16-14-17-12-5-6-15-8-11(12)13(19)18-14/h2-4,7,15H,5-6,8H2,1H3,(H2,16,17,18,19). The molecule has 0 atom stereocenters. The maximum Gasteiger partial charge on any atom is 0.257 e. The Balaban J connectivity index is 1.91. The van der Waals surface area contributed by atoms with Crippen molar-refractivity contribution in [3.8, 4) is 5.75 Å². The Morgan fingerprint density at radius 1 is 1.40 bits per heavy atom. The molecule has 3 N–H and O–H groups in total. The molecule has 0 saturated carbocycles. The highest BCUT2D eigenvalue weighted by Crippen LogP contribution is 2.19. The second kappa shape index (κ2) is 5.34. The summed E-state index contributed by atoms with van der Waals surface area (Å²) in [6.07, 6.45) is 0.770. The van der Waals surface area contributed by atoms with Gasteiger partial charge in [-0.25, -0.2) is 4.98 Å². The predicted octanol–water partition coefficient (Wildman–Crippen LogP) is 1.17. The van der Waals surface area contributed by atoms with Crippen molar-refractivity contribution in [2.75, 3.05) is 19.0 Å². The van der Waals surface area contributed by atoms with Crippen LogP contribution in [0.3, 0.4) is 0 Å². The van der Waals surface area contributed by atoms with Gasteiger partial charge in [0, 0.05) is 31.3 Å². The number of rotatable bonds is 3. The fraction of sp³-hybridized carbons (Fsp3) is 0.286. The van der Waals surface area contributed by atoms with Crippen LogP contribution < -0.4 is 20.9 Å². The minimum atomic E-state index is -0.0902. The molecule has 0 aliphatic carbocycles. The average molecular weight is 272 g/mol. The number of anilines is 2. The Kier molecular flexibility index (Phi) is 3.39. The highest BCUT2D eigenvalue weighted by atomic mass is 16.5. The van der Waals surface area contributed by atoms with Crippen molar-refractivity contribution in [2.45, 2.75) is 13.0 Å². The van der Waals surface area contributed by atoms with Gasteiger partial charge in [0.05, 0.1) is 18.4 Å². The van der Waals surface area contributed by atoms with E-state index < -0.39 is 0 Å². The lowest BCUT2D eigenvalue weighted by Crippen LogP contribution is -2.31. The zero-order valence-corrected chi connectivity index (χ0v) is 11.2. The summed E-state index contributed by atoms with van der Waals surface area (Å²) in [4.78, 5) is 19.2. The van der Waals surface area contributed by atoms with Gasteiger partial charge < -0.3 is 15.4 Å². The SMILES string of the molecule is COc1cccc(Nc2nc3c(c(=O)[nH]2)CNCC3)c1. The van der Waals surface area contributed by atoms with Gasteiger partial charge in [0.15, 0.2) is 0 Å². The third kappa shape index (κ3) is 2.50. The number of benzene rings is 1. The van der Waals surface area contributed by atoms with Crippen LogP contribution in [0.1, 0.15) is 11.3 Å². The number of H-pyrrole nitrogens is 1. The smallest absolute Gasteiger partial charge is 0.257 e. The van der Waals surface area contributed by atoms with Crippen LogP contribution in [-0.4, -0.2) is 23.6 Å². The lowest BCUT2D eigenvalue weighted by Gasteiger charge is -2.16. The monoisotopic (exact) mass is 272 g/mol. The number of fused-ring (bicyclic) bond motifs is 1. The van der Waals surface area contributed by atoms with Gasteiger partial charge >= 0.3 is 0 Å². The number of aromatic amines is 1. The van der Waals surface area contributed by atoms with Crippen LogP contribution in [0.15, 0.2) is 29.1 Å². The van der Waals surface area contributed by atoms with E-state index in [-0.39, 0.29) is 5.56 Å². The van der Waals surface area contributed by atoms with Crippen LogP contribution in [-0.2, 0) is 13.0 Å². The zero-order chi connectivity index (χ0) is 13.9. The summed E-state index contributed by atoms with van der Waals surface area (Å²) in [6.45, 7) is 1.43. The van der Waals surface area contributed by atoms with E-state index in [1.165, 1.54) is 0 Å². The van der Waals surface area contributed by atoms with Crippen molar-refractivity contribution < 1.29 is 4.74 Å². The van der Waals surface area contributed by atoms with Crippen LogP contribution in [0.2, 0.25) is 0 Å². The Hall–Kier alpha value is -2.34. The molecular weight excluding hydrogens is 256 g/mol. The van der Waals surface area contributed by atoms with Crippen molar-refractivity contribution in [2.24, 2.45) is 0 Å². The Labute approximate surface area is 116 Å². The van der Waals surface area contributed by atoms with Gasteiger partial charge in [-0.2, -0.15) is 0 Å². The van der Waals surface area contributed by atoms with Crippen LogP contribution in [0.4, 0.5) is 11.6 Å². The highest BCUT2D eigenvalue weighted by molar-refractivity contribution is 5.56. The topological polar surface area (TPSA) is 79.0 Å². The van der Waals surface area contributed by atoms with Crippen LogP contribution in [0.5, 0.6) is 5.75 Å². The minimum absolute atomic E-state index is 0.0902. The molecule has 2 aromatic rings. The lowest BCUT2D eigenvalue weighted by atomic mass is 10.1. The summed E-state index contributed by atoms with van der Waals surface area (Å²) in [5.74, 6) is 1.21. The molecule has 0 fully saturated rings. The van der Waals surface area contributed by atoms with Gasteiger partial charge in [0.2, 0.25) is 5.95 Å². The van der Waals surface area contributed by atoms with E-state index in [0.717, 1.165) is 35.7 Å². The van der Waals surface area contributed by atoms with Gasteiger partial charge in [-0.1, -0.05) is 6.07 Å². The first-order chi connectivity index (χ1) is 9.76. The summed E-state index contributed by atoms with van der Waals surface area (Å²) in [6, 6.07) is 7.48. The average Bonchev–Trinajstić information content (AvgIpc) is 2.47. The van der Waals surface area contributed by atoms with Crippen molar-refractivity contribution in [3.05, 3.63) is 45.9 Å². The molecule has 1 aromatic carbocycles. The predicted molar refractivity (Wildman–Crippen MR) is 76.5 cm³/mol. The van der Waals surface area contributed by atoms with E-state index in [4.69, 9.17) is 4.74 Å². The van der Waals surface area contributed by atoms with Crippen molar-refractivity contribution in [3.63, 3.8) is 0 Å². The molecule has 0 spiro atoms. The third-order valence-electron chi connectivity index (χ3n) is 3.27. The number of hydrogen-bond acceptors (Lipinski definition) is 5. The molecule has 1 aliphatic rings. The zero-order valence-electron chi connectivity index (χ0n) is 11.2. The molecule has 0 saturated heterocycles. The molecule has 3 rings (SSSR count). The molecule has 6 heteroatoms. The van der Waals surface area contributed by atoms with Gasteiger partial charge in [0.25, 0.3) is 5.56 Å². The molecule has 1 aliphatic heterocycles. The summed E-state index contributed by atoms with van der Waals surface area (Å²) in [5.41, 5.74) is 2.32. The minimum Gasteiger partial charge on any atom is -0.497 e. The number of hydrogen-bond donors (Lipinski definition) is 3. The number of methoxy groups -OCH3 is 1. The number of ether oxygens (including phenoxy) is 1. The van der Waals surface area contributed by atoms with E-state index in [1.54, 1.807) is 7.11 Å². The largest absolute Gasteiger partial charge is 0.497 e. The molecule has 20 heavy (non-hydrogen) atoms. The number of nitrogens with zero attached hydrogens (tertiary/aromatic N) is 1. The number of nitrogens with one attached hydrogen (secondary N) is 3. The van der Waals surface area contributed by atoms with Crippen molar-refractivity contribution in [1.82, 2.24) is 15.3 Å².